The fraction of sp³-hybridized carbons (Fsp3) is 0.462. The van der Waals surface area contributed by atoms with Crippen LogP contribution in [0.25, 0.3) is 0 Å². The van der Waals surface area contributed by atoms with Crippen molar-refractivity contribution in [1.82, 2.24) is 4.90 Å². The molecule has 1 aromatic rings. The molecule has 3 nitrogen and oxygen atoms in total. The Labute approximate surface area is 114 Å². The molecule has 2 atom stereocenters. The van der Waals surface area contributed by atoms with Crippen LogP contribution in [-0.2, 0) is 4.74 Å². The molecular formula is C13H15BrFNO2. The van der Waals surface area contributed by atoms with Gasteiger partial charge in [0.25, 0.3) is 5.91 Å². The molecule has 0 aromatic heterocycles. The van der Waals surface area contributed by atoms with Gasteiger partial charge in [0.05, 0.1) is 17.7 Å². The lowest BCUT2D eigenvalue weighted by Crippen LogP contribution is -2.41. The second-order valence-electron chi connectivity index (χ2n) is 4.47. The lowest BCUT2D eigenvalue weighted by atomic mass is 10.1. The molecule has 0 bridgehead atoms. The number of carbonyl (C=O) groups excluding carboxylic acids is 1. The molecule has 0 N–H and O–H groups in total. The fourth-order valence-corrected chi connectivity index (χ4v) is 2.75. The van der Waals surface area contributed by atoms with E-state index in [4.69, 9.17) is 4.74 Å². The molecule has 2 unspecified atom stereocenters. The van der Waals surface area contributed by atoms with Crippen LogP contribution in [0.15, 0.2) is 22.7 Å². The van der Waals surface area contributed by atoms with Crippen molar-refractivity contribution in [2.24, 2.45) is 0 Å². The third kappa shape index (κ3) is 2.57. The summed E-state index contributed by atoms with van der Waals surface area (Å²) in [4.78, 5) is 14.0. The van der Waals surface area contributed by atoms with Gasteiger partial charge in [0.2, 0.25) is 0 Å². The summed E-state index contributed by atoms with van der Waals surface area (Å²) in [6.07, 6.45) is 0.876. The number of hydrogen-bond acceptors (Lipinski definition) is 2. The number of nitrogens with zero attached hydrogens (tertiary/aromatic N) is 1. The maximum absolute atomic E-state index is 13.0. The number of ether oxygens (including phenoxy) is 1. The molecule has 1 aliphatic rings. The highest BCUT2D eigenvalue weighted by molar-refractivity contribution is 9.10. The van der Waals surface area contributed by atoms with Gasteiger partial charge in [0.1, 0.15) is 5.82 Å². The zero-order valence-electron chi connectivity index (χ0n) is 10.3. The molecule has 1 amide bonds. The number of likely N-dealkylation sites (N-methyl/N-ethyl adjacent to an activating group) is 1. The van der Waals surface area contributed by atoms with Crippen LogP contribution in [0, 0.1) is 5.82 Å². The summed E-state index contributed by atoms with van der Waals surface area (Å²) in [5.41, 5.74) is 0.470. The summed E-state index contributed by atoms with van der Waals surface area (Å²) in [5.74, 6) is -0.483. The third-order valence-corrected chi connectivity index (χ3v) is 3.97. The number of benzene rings is 1. The van der Waals surface area contributed by atoms with Crippen molar-refractivity contribution >= 4 is 21.8 Å². The first-order valence-corrected chi connectivity index (χ1v) is 6.64. The van der Waals surface area contributed by atoms with Crippen molar-refractivity contribution in [3.05, 3.63) is 34.1 Å². The molecule has 1 aromatic carbocycles. The largest absolute Gasteiger partial charge is 0.376 e. The summed E-state index contributed by atoms with van der Waals surface area (Å²) >= 11 is 3.22. The van der Waals surface area contributed by atoms with Gasteiger partial charge in [-0.15, -0.1) is 0 Å². The van der Waals surface area contributed by atoms with E-state index in [0.717, 1.165) is 6.42 Å². The summed E-state index contributed by atoms with van der Waals surface area (Å²) in [7, 11) is 1.76. The van der Waals surface area contributed by atoms with E-state index in [1.165, 1.54) is 18.2 Å². The number of rotatable bonds is 2. The molecule has 0 aliphatic carbocycles. The number of halogens is 2. The van der Waals surface area contributed by atoms with Crippen LogP contribution in [0.5, 0.6) is 0 Å². The zero-order valence-corrected chi connectivity index (χ0v) is 11.9. The normalized spacial score (nSPS) is 23.1. The van der Waals surface area contributed by atoms with Crippen LogP contribution >= 0.6 is 15.9 Å². The highest BCUT2D eigenvalue weighted by Crippen LogP contribution is 2.24. The maximum Gasteiger partial charge on any atom is 0.255 e. The van der Waals surface area contributed by atoms with Crippen LogP contribution in [0.1, 0.15) is 23.7 Å². The van der Waals surface area contributed by atoms with E-state index in [2.05, 4.69) is 15.9 Å². The molecule has 0 spiro atoms. The molecule has 1 fully saturated rings. The summed E-state index contributed by atoms with van der Waals surface area (Å²) < 4.78 is 18.9. The van der Waals surface area contributed by atoms with E-state index in [1.54, 1.807) is 11.9 Å². The Bertz CT molecular complexity index is 466. The summed E-state index contributed by atoms with van der Waals surface area (Å²) in [6.45, 7) is 2.63. The van der Waals surface area contributed by atoms with Gasteiger partial charge in [-0.1, -0.05) is 0 Å². The minimum absolute atomic E-state index is 0.0400. The second-order valence-corrected chi connectivity index (χ2v) is 5.33. The van der Waals surface area contributed by atoms with Gasteiger partial charge >= 0.3 is 0 Å². The van der Waals surface area contributed by atoms with E-state index in [1.807, 2.05) is 6.92 Å². The summed E-state index contributed by atoms with van der Waals surface area (Å²) in [6, 6.07) is 4.17. The molecule has 98 valence electrons. The van der Waals surface area contributed by atoms with Gasteiger partial charge in [0, 0.05) is 18.1 Å². The Morgan fingerprint density at radius 1 is 1.56 bits per heavy atom. The van der Waals surface area contributed by atoms with Crippen molar-refractivity contribution in [3.63, 3.8) is 0 Å². The van der Waals surface area contributed by atoms with Crippen LogP contribution in [0.3, 0.4) is 0 Å². The number of amides is 1. The van der Waals surface area contributed by atoms with E-state index >= 15 is 0 Å². The van der Waals surface area contributed by atoms with Crippen molar-refractivity contribution in [3.8, 4) is 0 Å². The molecule has 18 heavy (non-hydrogen) atoms. The van der Waals surface area contributed by atoms with Crippen LogP contribution in [0.4, 0.5) is 4.39 Å². The minimum atomic E-state index is -0.362. The van der Waals surface area contributed by atoms with E-state index in [-0.39, 0.29) is 23.9 Å². The minimum Gasteiger partial charge on any atom is -0.376 e. The van der Waals surface area contributed by atoms with Crippen LogP contribution in [0.2, 0.25) is 0 Å². The molecule has 0 saturated carbocycles. The van der Waals surface area contributed by atoms with Gasteiger partial charge in [-0.3, -0.25) is 4.79 Å². The van der Waals surface area contributed by atoms with E-state index in [0.29, 0.717) is 16.6 Å². The molecule has 1 heterocycles. The predicted octanol–water partition coefficient (Wildman–Crippen LogP) is 2.84. The highest BCUT2D eigenvalue weighted by Gasteiger charge is 2.31. The molecule has 5 heteroatoms. The lowest BCUT2D eigenvalue weighted by molar-refractivity contribution is 0.0574. The zero-order chi connectivity index (χ0) is 13.3. The second kappa shape index (κ2) is 5.36. The predicted molar refractivity (Wildman–Crippen MR) is 70.0 cm³/mol. The Morgan fingerprint density at radius 2 is 2.28 bits per heavy atom. The van der Waals surface area contributed by atoms with Gasteiger partial charge < -0.3 is 9.64 Å². The summed E-state index contributed by atoms with van der Waals surface area (Å²) in [5, 5.41) is 0. The van der Waals surface area contributed by atoms with E-state index < -0.39 is 0 Å². The third-order valence-electron chi connectivity index (χ3n) is 3.32. The fourth-order valence-electron chi connectivity index (χ4n) is 2.23. The topological polar surface area (TPSA) is 29.5 Å². The van der Waals surface area contributed by atoms with Gasteiger partial charge in [-0.2, -0.15) is 0 Å². The van der Waals surface area contributed by atoms with Gasteiger partial charge in [-0.05, 0) is 47.5 Å². The van der Waals surface area contributed by atoms with Crippen molar-refractivity contribution in [1.29, 1.82) is 0 Å². The van der Waals surface area contributed by atoms with Crippen molar-refractivity contribution in [2.75, 3.05) is 13.7 Å². The molecular weight excluding hydrogens is 301 g/mol. The van der Waals surface area contributed by atoms with E-state index in [9.17, 15) is 9.18 Å². The molecule has 1 saturated heterocycles. The smallest absolute Gasteiger partial charge is 0.255 e. The Hall–Kier alpha value is -0.940. The Morgan fingerprint density at radius 3 is 2.83 bits per heavy atom. The maximum atomic E-state index is 13.0. The first-order chi connectivity index (χ1) is 8.50. The van der Waals surface area contributed by atoms with Crippen LogP contribution < -0.4 is 0 Å². The highest BCUT2D eigenvalue weighted by atomic mass is 79.9. The first-order valence-electron chi connectivity index (χ1n) is 5.84. The Kier molecular flexibility index (Phi) is 4.02. The monoisotopic (exact) mass is 315 g/mol. The van der Waals surface area contributed by atoms with Crippen molar-refractivity contribution in [2.45, 2.75) is 25.5 Å². The van der Waals surface area contributed by atoms with Gasteiger partial charge in [0.15, 0.2) is 0 Å². The van der Waals surface area contributed by atoms with Crippen molar-refractivity contribution < 1.29 is 13.9 Å². The average molecular weight is 316 g/mol. The number of carbonyl (C=O) groups is 1. The standard InChI is InChI=1S/C13H15BrFNO2/c1-8-12(5-6-18-8)16(2)13(17)10-4-3-9(15)7-11(10)14/h3-4,7-8,12H,5-6H2,1-2H3. The number of hydrogen-bond donors (Lipinski definition) is 0. The lowest BCUT2D eigenvalue weighted by Gasteiger charge is -2.27. The van der Waals surface area contributed by atoms with Crippen LogP contribution in [-0.4, -0.2) is 36.6 Å². The molecule has 0 radical (unpaired) electrons. The SMILES string of the molecule is CC1OCCC1N(C)C(=O)c1ccc(F)cc1Br. The Balaban J connectivity index is 2.20. The first kappa shape index (κ1) is 13.5. The molecule has 2 rings (SSSR count). The molecule has 1 aliphatic heterocycles. The van der Waals surface area contributed by atoms with Gasteiger partial charge in [-0.25, -0.2) is 4.39 Å². The average Bonchev–Trinajstić information content (AvgIpc) is 2.74. The quantitative estimate of drug-likeness (QED) is 0.840.